The molecule has 6 nitrogen and oxygen atoms in total. The molecule has 6 heteroatoms. The van der Waals surface area contributed by atoms with Gasteiger partial charge in [-0.05, 0) is 25.8 Å². The number of aromatic nitrogens is 2. The van der Waals surface area contributed by atoms with Gasteiger partial charge in [0, 0.05) is 11.6 Å². The maximum Gasteiger partial charge on any atom is 0.325 e. The van der Waals surface area contributed by atoms with Gasteiger partial charge in [-0.3, -0.25) is 14.7 Å². The Bertz CT molecular complexity index is 423. The van der Waals surface area contributed by atoms with Crippen LogP contribution in [0.15, 0.2) is 6.07 Å². The third-order valence-corrected chi connectivity index (χ3v) is 2.57. The summed E-state index contributed by atoms with van der Waals surface area (Å²) in [5.41, 5.74) is 1.20. The van der Waals surface area contributed by atoms with E-state index in [-0.39, 0.29) is 5.69 Å². The third-order valence-electron chi connectivity index (χ3n) is 2.57. The topological polar surface area (TPSA) is 95.1 Å². The Morgan fingerprint density at radius 2 is 2.31 bits per heavy atom. The highest BCUT2D eigenvalue weighted by atomic mass is 16.4. The standard InChI is InChI=1S/C10H13N3O3/c1-5(10(15)16)11-9(14)8-4-7(12-13-8)6-2-3-6/h4-6H,2-3H2,1H3,(H,11,14)(H,12,13)(H,15,16)/t5-/m1/s1. The quantitative estimate of drug-likeness (QED) is 0.692. The van der Waals surface area contributed by atoms with E-state index in [0.717, 1.165) is 18.5 Å². The summed E-state index contributed by atoms with van der Waals surface area (Å²) in [5.74, 6) is -1.03. The molecule has 1 aromatic heterocycles. The Morgan fingerprint density at radius 3 is 2.88 bits per heavy atom. The van der Waals surface area contributed by atoms with Gasteiger partial charge < -0.3 is 10.4 Å². The Kier molecular flexibility index (Phi) is 2.64. The molecule has 1 amide bonds. The molecule has 1 aliphatic rings. The highest BCUT2D eigenvalue weighted by Crippen LogP contribution is 2.38. The van der Waals surface area contributed by atoms with Gasteiger partial charge in [0.05, 0.1) is 0 Å². The molecule has 1 saturated carbocycles. The number of H-pyrrole nitrogens is 1. The molecule has 1 aliphatic carbocycles. The van der Waals surface area contributed by atoms with Crippen molar-refractivity contribution in [2.24, 2.45) is 0 Å². The molecule has 16 heavy (non-hydrogen) atoms. The van der Waals surface area contributed by atoms with E-state index in [0.29, 0.717) is 5.92 Å². The Balaban J connectivity index is 1.99. The van der Waals surface area contributed by atoms with Gasteiger partial charge in [0.1, 0.15) is 11.7 Å². The Morgan fingerprint density at radius 1 is 1.62 bits per heavy atom. The van der Waals surface area contributed by atoms with Gasteiger partial charge in [0.25, 0.3) is 5.91 Å². The fraction of sp³-hybridized carbons (Fsp3) is 0.500. The van der Waals surface area contributed by atoms with Crippen molar-refractivity contribution >= 4 is 11.9 Å². The van der Waals surface area contributed by atoms with Crippen LogP contribution >= 0.6 is 0 Å². The molecule has 0 bridgehead atoms. The summed E-state index contributed by atoms with van der Waals surface area (Å²) >= 11 is 0. The fourth-order valence-electron chi connectivity index (χ4n) is 1.39. The minimum absolute atomic E-state index is 0.245. The zero-order valence-electron chi connectivity index (χ0n) is 8.86. The molecule has 1 aromatic rings. The number of carboxylic acids is 1. The minimum atomic E-state index is -1.06. The fourth-order valence-corrected chi connectivity index (χ4v) is 1.39. The Hall–Kier alpha value is -1.85. The van der Waals surface area contributed by atoms with Crippen LogP contribution in [-0.4, -0.2) is 33.2 Å². The maximum atomic E-state index is 11.6. The smallest absolute Gasteiger partial charge is 0.325 e. The van der Waals surface area contributed by atoms with Crippen LogP contribution in [0.1, 0.15) is 41.9 Å². The number of hydrogen-bond donors (Lipinski definition) is 3. The number of amides is 1. The van der Waals surface area contributed by atoms with Gasteiger partial charge in [-0.15, -0.1) is 0 Å². The van der Waals surface area contributed by atoms with Crippen LogP contribution in [-0.2, 0) is 4.79 Å². The average Bonchev–Trinajstić information content (AvgIpc) is 2.96. The summed E-state index contributed by atoms with van der Waals surface area (Å²) in [4.78, 5) is 22.1. The molecule has 0 saturated heterocycles. The number of hydrogen-bond acceptors (Lipinski definition) is 3. The molecule has 0 unspecified atom stereocenters. The van der Waals surface area contributed by atoms with Gasteiger partial charge in [0.15, 0.2) is 0 Å². The van der Waals surface area contributed by atoms with Crippen molar-refractivity contribution in [3.8, 4) is 0 Å². The number of carbonyl (C=O) groups is 2. The van der Waals surface area contributed by atoms with E-state index in [9.17, 15) is 9.59 Å². The van der Waals surface area contributed by atoms with Crippen molar-refractivity contribution in [3.63, 3.8) is 0 Å². The van der Waals surface area contributed by atoms with Crippen LogP contribution in [0.25, 0.3) is 0 Å². The second-order valence-electron chi connectivity index (χ2n) is 4.02. The van der Waals surface area contributed by atoms with Crippen molar-refractivity contribution in [2.75, 3.05) is 0 Å². The second-order valence-corrected chi connectivity index (χ2v) is 4.02. The van der Waals surface area contributed by atoms with Crippen molar-refractivity contribution in [1.82, 2.24) is 15.5 Å². The SMILES string of the molecule is C[C@@H](NC(=O)c1cc(C2CC2)[nH]n1)C(=O)O. The first-order valence-corrected chi connectivity index (χ1v) is 5.17. The van der Waals surface area contributed by atoms with Crippen LogP contribution in [0.3, 0.4) is 0 Å². The summed E-state index contributed by atoms with van der Waals surface area (Å²) in [6.07, 6.45) is 2.24. The number of nitrogens with one attached hydrogen (secondary N) is 2. The number of carboxylic acid groups (broad SMARTS) is 1. The van der Waals surface area contributed by atoms with Crippen molar-refractivity contribution < 1.29 is 14.7 Å². The van der Waals surface area contributed by atoms with Crippen molar-refractivity contribution in [3.05, 3.63) is 17.5 Å². The highest BCUT2D eigenvalue weighted by Gasteiger charge is 2.27. The van der Waals surface area contributed by atoms with Gasteiger partial charge in [-0.25, -0.2) is 0 Å². The van der Waals surface area contributed by atoms with Gasteiger partial charge in [-0.1, -0.05) is 0 Å². The molecule has 1 fully saturated rings. The van der Waals surface area contributed by atoms with Crippen molar-refractivity contribution in [2.45, 2.75) is 31.7 Å². The molecule has 0 spiro atoms. The van der Waals surface area contributed by atoms with Crippen LogP contribution < -0.4 is 5.32 Å². The minimum Gasteiger partial charge on any atom is -0.480 e. The van der Waals surface area contributed by atoms with E-state index in [1.807, 2.05) is 0 Å². The predicted octanol–water partition coefficient (Wildman–Crippen LogP) is 0.490. The lowest BCUT2D eigenvalue weighted by atomic mass is 10.2. The third kappa shape index (κ3) is 2.21. The summed E-state index contributed by atoms with van der Waals surface area (Å²) in [6.45, 7) is 1.41. The van der Waals surface area contributed by atoms with E-state index in [1.54, 1.807) is 6.07 Å². The highest BCUT2D eigenvalue weighted by molar-refractivity contribution is 5.94. The van der Waals surface area contributed by atoms with E-state index in [2.05, 4.69) is 15.5 Å². The second kappa shape index (κ2) is 3.96. The number of rotatable bonds is 4. The van der Waals surface area contributed by atoms with Crippen molar-refractivity contribution in [1.29, 1.82) is 0 Å². The molecule has 1 heterocycles. The molecular formula is C10H13N3O3. The van der Waals surface area contributed by atoms with Gasteiger partial charge in [0.2, 0.25) is 0 Å². The molecule has 0 radical (unpaired) electrons. The number of aromatic amines is 1. The van der Waals surface area contributed by atoms with Gasteiger partial charge >= 0.3 is 5.97 Å². The first-order chi connectivity index (χ1) is 7.58. The monoisotopic (exact) mass is 223 g/mol. The number of aliphatic carboxylic acids is 1. The molecule has 0 aromatic carbocycles. The summed E-state index contributed by atoms with van der Waals surface area (Å²) in [7, 11) is 0. The largest absolute Gasteiger partial charge is 0.480 e. The Labute approximate surface area is 92.0 Å². The molecular weight excluding hydrogens is 210 g/mol. The predicted molar refractivity (Wildman–Crippen MR) is 55.1 cm³/mol. The van der Waals surface area contributed by atoms with Gasteiger partial charge in [-0.2, -0.15) is 5.10 Å². The van der Waals surface area contributed by atoms with Crippen LogP contribution in [0.2, 0.25) is 0 Å². The summed E-state index contributed by atoms with van der Waals surface area (Å²) in [5, 5.41) is 17.6. The lowest BCUT2D eigenvalue weighted by molar-refractivity contribution is -0.138. The average molecular weight is 223 g/mol. The molecule has 86 valence electrons. The zero-order chi connectivity index (χ0) is 11.7. The first kappa shape index (κ1) is 10.7. The van der Waals surface area contributed by atoms with E-state index < -0.39 is 17.9 Å². The lowest BCUT2D eigenvalue weighted by Crippen LogP contribution is -2.38. The van der Waals surface area contributed by atoms with E-state index in [4.69, 9.17) is 5.11 Å². The molecule has 0 aliphatic heterocycles. The molecule has 2 rings (SSSR count). The normalized spacial score (nSPS) is 16.8. The van der Waals surface area contributed by atoms with Crippen LogP contribution in [0.4, 0.5) is 0 Å². The number of nitrogens with zero attached hydrogens (tertiary/aromatic N) is 1. The molecule has 1 atom stereocenters. The lowest BCUT2D eigenvalue weighted by Gasteiger charge is -2.06. The summed E-state index contributed by atoms with van der Waals surface area (Å²) in [6, 6.07) is 0.773. The maximum absolute atomic E-state index is 11.6. The van der Waals surface area contributed by atoms with E-state index in [1.165, 1.54) is 6.92 Å². The zero-order valence-corrected chi connectivity index (χ0v) is 8.86. The van der Waals surface area contributed by atoms with Crippen LogP contribution in [0, 0.1) is 0 Å². The first-order valence-electron chi connectivity index (χ1n) is 5.17. The molecule has 3 N–H and O–H groups in total. The van der Waals surface area contributed by atoms with E-state index >= 15 is 0 Å². The summed E-state index contributed by atoms with van der Waals surface area (Å²) < 4.78 is 0. The number of carbonyl (C=O) groups excluding carboxylic acids is 1. The van der Waals surface area contributed by atoms with Crippen LogP contribution in [0.5, 0.6) is 0 Å².